The van der Waals surface area contributed by atoms with E-state index in [-0.39, 0.29) is 31.6 Å². The molecule has 8 nitrogen and oxygen atoms in total. The molecule has 0 unspecified atom stereocenters. The van der Waals surface area contributed by atoms with Gasteiger partial charge in [-0.3, -0.25) is 0 Å². The molecule has 2 saturated heterocycles. The fraction of sp³-hybridized carbons (Fsp3) is 0.625. The molecule has 0 amide bonds. The van der Waals surface area contributed by atoms with Gasteiger partial charge in [-0.2, -0.15) is 0 Å². The summed E-state index contributed by atoms with van der Waals surface area (Å²) in [6.45, 7) is 6.21. The fourth-order valence-electron chi connectivity index (χ4n) is 4.75. The maximum Gasteiger partial charge on any atom is 0.153 e. The summed E-state index contributed by atoms with van der Waals surface area (Å²) < 4.78 is 5.84. The van der Waals surface area contributed by atoms with E-state index in [1.54, 1.807) is 6.20 Å². The number of nitrogens with one attached hydrogen (secondary N) is 1. The van der Waals surface area contributed by atoms with Gasteiger partial charge >= 0.3 is 0 Å². The Hall–Kier alpha value is -1.65. The van der Waals surface area contributed by atoms with Crippen molar-refractivity contribution in [1.29, 1.82) is 0 Å². The molecule has 5 rings (SSSR count). The molecule has 2 aromatic rings. The summed E-state index contributed by atoms with van der Waals surface area (Å²) in [5.41, 5.74) is 7.90. The molecule has 10 heteroatoms. The highest BCUT2D eigenvalue weighted by Crippen LogP contribution is 2.43. The maximum absolute atomic E-state index is 10.1. The standard InChI is InChI=1S/C23H31ClN6O2S.CH4/c1-13-22(33-17-5-8-26-20(18(17)24)28-15-3-4-15)29-16(11-31)21(27-13)30-9-6-23(7-10-30)12-32-14(2)19(23)25;/h5,8,14-15,19,31H,3-4,6-7,9-12,25H2,1-2H3,(H,26,28);1H4/t14-,19+;/m0./s1. The molecule has 4 heterocycles. The lowest BCUT2D eigenvalue weighted by Crippen LogP contribution is -2.51. The Labute approximate surface area is 211 Å². The normalized spacial score (nSPS) is 23.7. The molecule has 2 aliphatic heterocycles. The van der Waals surface area contributed by atoms with Crippen LogP contribution in [0.5, 0.6) is 0 Å². The molecule has 34 heavy (non-hydrogen) atoms. The van der Waals surface area contributed by atoms with Crippen LogP contribution in [0.25, 0.3) is 0 Å². The molecule has 1 spiro atoms. The molecule has 0 radical (unpaired) electrons. The minimum atomic E-state index is -0.171. The van der Waals surface area contributed by atoms with Crippen LogP contribution in [0.15, 0.2) is 22.2 Å². The van der Waals surface area contributed by atoms with Crippen molar-refractivity contribution in [2.75, 3.05) is 29.9 Å². The number of pyridine rings is 1. The first-order chi connectivity index (χ1) is 15.9. The third kappa shape index (κ3) is 4.86. The number of ether oxygens (including phenoxy) is 1. The van der Waals surface area contributed by atoms with Crippen LogP contribution in [-0.2, 0) is 11.3 Å². The van der Waals surface area contributed by atoms with Crippen molar-refractivity contribution in [3.05, 3.63) is 28.7 Å². The number of aryl methyl sites for hydroxylation is 1. The van der Waals surface area contributed by atoms with Crippen molar-refractivity contribution >= 4 is 35.0 Å². The number of aliphatic hydroxyl groups excluding tert-OH is 1. The molecule has 4 N–H and O–H groups in total. The van der Waals surface area contributed by atoms with Crippen LogP contribution in [0.2, 0.25) is 5.02 Å². The average Bonchev–Trinajstić information content (AvgIpc) is 3.60. The quantitative estimate of drug-likeness (QED) is 0.535. The summed E-state index contributed by atoms with van der Waals surface area (Å²) in [5.74, 6) is 1.46. The summed E-state index contributed by atoms with van der Waals surface area (Å²) in [6.07, 6.45) is 6.05. The summed E-state index contributed by atoms with van der Waals surface area (Å²) in [4.78, 5) is 17.1. The van der Waals surface area contributed by atoms with Crippen molar-refractivity contribution < 1.29 is 9.84 Å². The highest BCUT2D eigenvalue weighted by molar-refractivity contribution is 7.99. The van der Waals surface area contributed by atoms with Crippen LogP contribution in [0.4, 0.5) is 11.6 Å². The molecule has 2 atom stereocenters. The Morgan fingerprint density at radius 3 is 2.68 bits per heavy atom. The number of rotatable bonds is 6. The van der Waals surface area contributed by atoms with Gasteiger partial charge < -0.3 is 25.8 Å². The smallest absolute Gasteiger partial charge is 0.153 e. The minimum Gasteiger partial charge on any atom is -0.390 e. The van der Waals surface area contributed by atoms with Crippen LogP contribution < -0.4 is 16.0 Å². The third-order valence-corrected chi connectivity index (χ3v) is 8.75. The van der Waals surface area contributed by atoms with E-state index in [9.17, 15) is 5.11 Å². The summed E-state index contributed by atoms with van der Waals surface area (Å²) in [7, 11) is 0. The summed E-state index contributed by atoms with van der Waals surface area (Å²) in [6, 6.07) is 2.42. The zero-order chi connectivity index (χ0) is 23.2. The van der Waals surface area contributed by atoms with Crippen molar-refractivity contribution in [2.45, 2.75) is 81.7 Å². The number of hydrogen-bond acceptors (Lipinski definition) is 9. The molecule has 3 fully saturated rings. The third-order valence-electron chi connectivity index (χ3n) is 7.11. The Kier molecular flexibility index (Phi) is 7.59. The van der Waals surface area contributed by atoms with Crippen LogP contribution in [0.1, 0.15) is 51.4 Å². The summed E-state index contributed by atoms with van der Waals surface area (Å²) in [5, 5.41) is 14.8. The van der Waals surface area contributed by atoms with E-state index in [0.717, 1.165) is 66.8 Å². The van der Waals surface area contributed by atoms with Crippen molar-refractivity contribution in [3.63, 3.8) is 0 Å². The van der Waals surface area contributed by atoms with Gasteiger partial charge in [0.1, 0.15) is 16.5 Å². The highest BCUT2D eigenvalue weighted by Gasteiger charge is 2.47. The van der Waals surface area contributed by atoms with Crippen molar-refractivity contribution in [1.82, 2.24) is 15.0 Å². The van der Waals surface area contributed by atoms with Crippen LogP contribution >= 0.6 is 23.4 Å². The van der Waals surface area contributed by atoms with Gasteiger partial charge in [0, 0.05) is 41.7 Å². The predicted molar refractivity (Wildman–Crippen MR) is 137 cm³/mol. The fourth-order valence-corrected chi connectivity index (χ4v) is 5.90. The first kappa shape index (κ1) is 25.4. The van der Waals surface area contributed by atoms with Crippen LogP contribution in [-0.4, -0.2) is 57.9 Å². The second-order valence-corrected chi connectivity index (χ2v) is 10.8. The molecule has 2 aromatic heterocycles. The van der Waals surface area contributed by atoms with Gasteiger partial charge in [0.25, 0.3) is 0 Å². The predicted octanol–water partition coefficient (Wildman–Crippen LogP) is 4.02. The SMILES string of the molecule is C.Cc1nc(N2CCC3(CC2)CO[C@@H](C)[C@H]3N)c(CO)nc1Sc1ccnc(NC2CC2)c1Cl. The number of aliphatic hydroxyl groups is 1. The van der Waals surface area contributed by atoms with E-state index in [0.29, 0.717) is 22.6 Å². The summed E-state index contributed by atoms with van der Waals surface area (Å²) >= 11 is 8.07. The van der Waals surface area contributed by atoms with E-state index in [4.69, 9.17) is 32.0 Å². The number of halogens is 1. The van der Waals surface area contributed by atoms with E-state index < -0.39 is 0 Å². The zero-order valence-electron chi connectivity index (χ0n) is 19.1. The first-order valence-corrected chi connectivity index (χ1v) is 12.8. The van der Waals surface area contributed by atoms with Gasteiger partial charge in [-0.05, 0) is 45.6 Å². The lowest BCUT2D eigenvalue weighted by atomic mass is 9.73. The van der Waals surface area contributed by atoms with Crippen molar-refractivity contribution in [2.24, 2.45) is 11.1 Å². The number of hydrogen-bond donors (Lipinski definition) is 3. The minimum absolute atomic E-state index is 0. The lowest BCUT2D eigenvalue weighted by molar-refractivity contribution is 0.0973. The lowest BCUT2D eigenvalue weighted by Gasteiger charge is -2.42. The maximum atomic E-state index is 10.1. The van der Waals surface area contributed by atoms with Gasteiger partial charge in [-0.1, -0.05) is 30.8 Å². The average molecular weight is 507 g/mol. The van der Waals surface area contributed by atoms with Gasteiger partial charge in [0.2, 0.25) is 0 Å². The Bertz CT molecular complexity index is 1030. The van der Waals surface area contributed by atoms with E-state index in [1.807, 2.05) is 13.0 Å². The second-order valence-electron chi connectivity index (χ2n) is 9.43. The topological polar surface area (TPSA) is 109 Å². The largest absolute Gasteiger partial charge is 0.390 e. The van der Waals surface area contributed by atoms with Crippen LogP contribution in [0, 0.1) is 12.3 Å². The number of aromatic nitrogens is 3. The van der Waals surface area contributed by atoms with E-state index in [1.165, 1.54) is 11.8 Å². The molecular formula is C24H35ClN6O2S. The molecule has 3 aliphatic rings. The number of anilines is 2. The molecule has 1 saturated carbocycles. The molecule has 0 bridgehead atoms. The monoisotopic (exact) mass is 506 g/mol. The number of piperidine rings is 1. The van der Waals surface area contributed by atoms with E-state index >= 15 is 0 Å². The number of nitrogens with zero attached hydrogens (tertiary/aromatic N) is 4. The Morgan fingerprint density at radius 1 is 1.32 bits per heavy atom. The van der Waals surface area contributed by atoms with Gasteiger partial charge in [0.15, 0.2) is 5.82 Å². The highest BCUT2D eigenvalue weighted by atomic mass is 35.5. The molecule has 1 aliphatic carbocycles. The number of nitrogens with two attached hydrogens (primary N) is 1. The van der Waals surface area contributed by atoms with Crippen LogP contribution in [0.3, 0.4) is 0 Å². The zero-order valence-corrected chi connectivity index (χ0v) is 20.6. The van der Waals surface area contributed by atoms with Gasteiger partial charge in [-0.25, -0.2) is 15.0 Å². The Balaban J connectivity index is 0.00000274. The van der Waals surface area contributed by atoms with Crippen molar-refractivity contribution in [3.8, 4) is 0 Å². The molecule has 186 valence electrons. The second kappa shape index (κ2) is 10.1. The van der Waals surface area contributed by atoms with Gasteiger partial charge in [0.05, 0.1) is 30.0 Å². The molecular weight excluding hydrogens is 472 g/mol. The Morgan fingerprint density at radius 2 is 2.06 bits per heavy atom. The first-order valence-electron chi connectivity index (χ1n) is 11.6. The van der Waals surface area contributed by atoms with E-state index in [2.05, 4.69) is 22.1 Å². The molecule has 0 aromatic carbocycles. The van der Waals surface area contributed by atoms with Gasteiger partial charge in [-0.15, -0.1) is 0 Å².